The Morgan fingerprint density at radius 2 is 2.19 bits per heavy atom. The van der Waals surface area contributed by atoms with Crippen LogP contribution in [0, 0.1) is 0 Å². The summed E-state index contributed by atoms with van der Waals surface area (Å²) in [7, 11) is 0. The topological polar surface area (TPSA) is 63.6 Å². The Labute approximate surface area is 101 Å². The van der Waals surface area contributed by atoms with Gasteiger partial charge in [0.15, 0.2) is 5.82 Å². The highest BCUT2D eigenvalue weighted by molar-refractivity contribution is 9.10. The Balaban J connectivity index is 2.60. The van der Waals surface area contributed by atoms with Gasteiger partial charge in [0.05, 0.1) is 11.9 Å². The highest BCUT2D eigenvalue weighted by Crippen LogP contribution is 2.19. The number of hydrogen-bond donors (Lipinski definition) is 1. The molecular formula is C10H11BrN4O. The van der Waals surface area contributed by atoms with Crippen LogP contribution in [0.1, 0.15) is 25.5 Å². The molecule has 0 atom stereocenters. The van der Waals surface area contributed by atoms with Gasteiger partial charge in [-0.2, -0.15) is 4.68 Å². The molecule has 2 heterocycles. The van der Waals surface area contributed by atoms with E-state index in [9.17, 15) is 4.79 Å². The number of H-pyrrole nitrogens is 1. The fourth-order valence-electron chi connectivity index (χ4n) is 1.38. The van der Waals surface area contributed by atoms with Crippen LogP contribution >= 0.6 is 15.9 Å². The summed E-state index contributed by atoms with van der Waals surface area (Å²) < 4.78 is 1.93. The highest BCUT2D eigenvalue weighted by atomic mass is 79.9. The average molecular weight is 283 g/mol. The maximum absolute atomic E-state index is 11.9. The Hall–Kier alpha value is -1.43. The third-order valence-corrected chi connectivity index (χ3v) is 2.98. The Kier molecular flexibility index (Phi) is 2.91. The van der Waals surface area contributed by atoms with Crippen LogP contribution in [0.25, 0.3) is 5.82 Å². The van der Waals surface area contributed by atoms with Gasteiger partial charge < -0.3 is 0 Å². The van der Waals surface area contributed by atoms with E-state index in [1.807, 2.05) is 13.8 Å². The lowest BCUT2D eigenvalue weighted by atomic mass is 10.1. The maximum Gasteiger partial charge on any atom is 0.287 e. The van der Waals surface area contributed by atoms with Crippen molar-refractivity contribution in [1.29, 1.82) is 0 Å². The van der Waals surface area contributed by atoms with E-state index in [2.05, 4.69) is 31.0 Å². The van der Waals surface area contributed by atoms with Crippen molar-refractivity contribution in [2.24, 2.45) is 0 Å². The van der Waals surface area contributed by atoms with Crippen molar-refractivity contribution in [3.8, 4) is 5.82 Å². The molecule has 0 bridgehead atoms. The van der Waals surface area contributed by atoms with Gasteiger partial charge in [-0.1, -0.05) is 13.8 Å². The van der Waals surface area contributed by atoms with E-state index in [-0.39, 0.29) is 11.5 Å². The molecule has 2 aromatic rings. The van der Waals surface area contributed by atoms with Gasteiger partial charge in [-0.3, -0.25) is 14.9 Å². The number of halogens is 1. The zero-order chi connectivity index (χ0) is 11.7. The zero-order valence-electron chi connectivity index (χ0n) is 8.94. The lowest BCUT2D eigenvalue weighted by molar-refractivity contribution is 0.744. The molecule has 0 aromatic carbocycles. The molecule has 2 aromatic heterocycles. The van der Waals surface area contributed by atoms with Gasteiger partial charge in [-0.15, -0.1) is 0 Å². The third kappa shape index (κ3) is 1.80. The summed E-state index contributed by atoms with van der Waals surface area (Å²) >= 11 is 3.29. The fraction of sp³-hybridized carbons (Fsp3) is 0.300. The molecule has 0 unspecified atom stereocenters. The van der Waals surface area contributed by atoms with E-state index >= 15 is 0 Å². The van der Waals surface area contributed by atoms with E-state index in [0.717, 1.165) is 5.69 Å². The highest BCUT2D eigenvalue weighted by Gasteiger charge is 2.15. The molecule has 6 heteroatoms. The van der Waals surface area contributed by atoms with E-state index in [1.165, 1.54) is 10.9 Å². The van der Waals surface area contributed by atoms with Gasteiger partial charge in [0.1, 0.15) is 4.47 Å². The normalized spacial score (nSPS) is 11.0. The minimum absolute atomic E-state index is 0.149. The molecule has 84 valence electrons. The molecule has 0 radical (unpaired) electrons. The summed E-state index contributed by atoms with van der Waals surface area (Å²) in [5, 5.41) is 3.02. The van der Waals surface area contributed by atoms with Crippen LogP contribution in [0.2, 0.25) is 0 Å². The van der Waals surface area contributed by atoms with Crippen molar-refractivity contribution >= 4 is 15.9 Å². The molecule has 0 aliphatic rings. The van der Waals surface area contributed by atoms with E-state index < -0.39 is 0 Å². The molecule has 0 spiro atoms. The lowest BCUT2D eigenvalue weighted by Gasteiger charge is -2.01. The number of rotatable bonds is 2. The molecule has 16 heavy (non-hydrogen) atoms. The Bertz CT molecular complexity index is 544. The van der Waals surface area contributed by atoms with Crippen molar-refractivity contribution in [1.82, 2.24) is 19.7 Å². The van der Waals surface area contributed by atoms with Crippen molar-refractivity contribution in [2.45, 2.75) is 19.8 Å². The summed E-state index contributed by atoms with van der Waals surface area (Å²) in [4.78, 5) is 19.9. The first kappa shape index (κ1) is 11.1. The molecule has 5 nitrogen and oxygen atoms in total. The summed E-state index contributed by atoms with van der Waals surface area (Å²) in [6.45, 7) is 4.02. The molecule has 0 fully saturated rings. The standard InChI is InChI=1S/C10H11BrN4O/c1-6(2)9-8(11)10(16)15(14-9)7-5-12-3-4-13-7/h3-6,14H,1-2H3. The van der Waals surface area contributed by atoms with Crippen LogP contribution in [-0.4, -0.2) is 19.7 Å². The van der Waals surface area contributed by atoms with E-state index in [0.29, 0.717) is 10.3 Å². The van der Waals surface area contributed by atoms with Crippen molar-refractivity contribution in [3.63, 3.8) is 0 Å². The second-order valence-electron chi connectivity index (χ2n) is 3.70. The first-order valence-electron chi connectivity index (χ1n) is 4.88. The second-order valence-corrected chi connectivity index (χ2v) is 4.49. The molecule has 0 saturated heterocycles. The lowest BCUT2D eigenvalue weighted by Crippen LogP contribution is -2.15. The molecule has 0 amide bonds. The second kappa shape index (κ2) is 4.21. The first-order valence-corrected chi connectivity index (χ1v) is 5.67. The Morgan fingerprint density at radius 1 is 1.44 bits per heavy atom. The van der Waals surface area contributed by atoms with Gasteiger partial charge >= 0.3 is 0 Å². The number of nitrogens with one attached hydrogen (secondary N) is 1. The predicted octanol–water partition coefficient (Wildman–Crippen LogP) is 1.84. The van der Waals surface area contributed by atoms with Crippen LogP contribution in [0.5, 0.6) is 0 Å². The molecule has 0 saturated carbocycles. The average Bonchev–Trinajstić information content (AvgIpc) is 2.58. The Morgan fingerprint density at radius 3 is 2.69 bits per heavy atom. The summed E-state index contributed by atoms with van der Waals surface area (Å²) in [6.07, 6.45) is 4.65. The van der Waals surface area contributed by atoms with Crippen LogP contribution in [0.15, 0.2) is 27.9 Å². The van der Waals surface area contributed by atoms with Crippen molar-refractivity contribution in [2.75, 3.05) is 0 Å². The number of nitrogens with zero attached hydrogens (tertiary/aromatic N) is 3. The molecule has 0 aliphatic heterocycles. The van der Waals surface area contributed by atoms with Gasteiger partial charge in [-0.25, -0.2) is 4.98 Å². The minimum Gasteiger partial charge on any atom is -0.292 e. The number of hydrogen-bond acceptors (Lipinski definition) is 3. The third-order valence-electron chi connectivity index (χ3n) is 2.22. The zero-order valence-corrected chi connectivity index (χ0v) is 10.5. The van der Waals surface area contributed by atoms with Crippen LogP contribution in [-0.2, 0) is 0 Å². The SMILES string of the molecule is CC(C)c1[nH]n(-c2cnccn2)c(=O)c1Br. The van der Waals surface area contributed by atoms with Gasteiger partial charge in [0.25, 0.3) is 5.56 Å². The minimum atomic E-state index is -0.149. The quantitative estimate of drug-likeness (QED) is 0.914. The molecule has 2 rings (SSSR count). The smallest absolute Gasteiger partial charge is 0.287 e. The maximum atomic E-state index is 11.9. The van der Waals surface area contributed by atoms with Crippen LogP contribution in [0.4, 0.5) is 0 Å². The van der Waals surface area contributed by atoms with Gasteiger partial charge in [-0.05, 0) is 21.8 Å². The van der Waals surface area contributed by atoms with E-state index in [1.54, 1.807) is 12.4 Å². The molecule has 1 N–H and O–H groups in total. The van der Waals surface area contributed by atoms with Gasteiger partial charge in [0.2, 0.25) is 0 Å². The van der Waals surface area contributed by atoms with E-state index in [4.69, 9.17) is 0 Å². The van der Waals surface area contributed by atoms with Gasteiger partial charge in [0, 0.05) is 12.4 Å². The largest absolute Gasteiger partial charge is 0.292 e. The summed E-state index contributed by atoms with van der Waals surface area (Å²) in [5.41, 5.74) is 0.708. The van der Waals surface area contributed by atoms with Crippen molar-refractivity contribution < 1.29 is 0 Å². The summed E-state index contributed by atoms with van der Waals surface area (Å²) in [5.74, 6) is 0.722. The van der Waals surface area contributed by atoms with Crippen LogP contribution in [0.3, 0.4) is 0 Å². The first-order chi connectivity index (χ1) is 7.61. The predicted molar refractivity (Wildman–Crippen MR) is 63.8 cm³/mol. The molecular weight excluding hydrogens is 272 g/mol. The molecule has 0 aliphatic carbocycles. The summed E-state index contributed by atoms with van der Waals surface area (Å²) in [6, 6.07) is 0. The van der Waals surface area contributed by atoms with Crippen molar-refractivity contribution in [3.05, 3.63) is 39.1 Å². The van der Waals surface area contributed by atoms with Crippen LogP contribution < -0.4 is 5.56 Å². The monoisotopic (exact) mass is 282 g/mol. The fourth-order valence-corrected chi connectivity index (χ4v) is 2.11. The number of aromatic amines is 1. The number of aromatic nitrogens is 4.